The van der Waals surface area contributed by atoms with Crippen LogP contribution in [0.1, 0.15) is 12.8 Å². The zero-order chi connectivity index (χ0) is 17.1. The van der Waals surface area contributed by atoms with E-state index in [4.69, 9.17) is 5.11 Å². The molecule has 1 saturated heterocycles. The second-order valence-electron chi connectivity index (χ2n) is 5.52. The molecule has 1 unspecified atom stereocenters. The first-order chi connectivity index (χ1) is 11.6. The van der Waals surface area contributed by atoms with Crippen molar-refractivity contribution in [2.24, 2.45) is 0 Å². The molecule has 124 valence electrons. The van der Waals surface area contributed by atoms with Crippen LogP contribution in [0.5, 0.6) is 0 Å². The van der Waals surface area contributed by atoms with E-state index in [0.29, 0.717) is 36.3 Å². The second kappa shape index (κ2) is 6.66. The molecule has 24 heavy (non-hydrogen) atoms. The number of benzene rings is 1. The van der Waals surface area contributed by atoms with E-state index in [9.17, 15) is 14.0 Å². The first kappa shape index (κ1) is 15.9. The Bertz CT molecular complexity index is 764. The molecule has 1 fully saturated rings. The second-order valence-corrected chi connectivity index (χ2v) is 5.52. The summed E-state index contributed by atoms with van der Waals surface area (Å²) in [5.74, 6) is -0.237. The average molecular weight is 329 g/mol. The van der Waals surface area contributed by atoms with Crippen LogP contribution in [0.4, 0.5) is 15.0 Å². The van der Waals surface area contributed by atoms with Gasteiger partial charge in [-0.25, -0.2) is 14.2 Å². The normalized spacial score (nSPS) is 17.6. The number of carboxylic acid groups (broad SMARTS) is 1. The van der Waals surface area contributed by atoms with Crippen LogP contribution < -0.4 is 10.2 Å². The Morgan fingerprint density at radius 1 is 1.29 bits per heavy atom. The van der Waals surface area contributed by atoms with Gasteiger partial charge in [-0.1, -0.05) is 18.2 Å². The van der Waals surface area contributed by atoms with Gasteiger partial charge in [0.1, 0.15) is 17.7 Å². The minimum absolute atomic E-state index is 0.324. The number of nitrogens with one attached hydrogen (secondary N) is 1. The topological polar surface area (TPSA) is 82.5 Å². The van der Waals surface area contributed by atoms with Gasteiger partial charge in [0, 0.05) is 23.9 Å². The van der Waals surface area contributed by atoms with Crippen LogP contribution in [0.25, 0.3) is 11.1 Å². The van der Waals surface area contributed by atoms with Gasteiger partial charge in [0.15, 0.2) is 0 Å². The number of hydrogen-bond acceptors (Lipinski definition) is 3. The van der Waals surface area contributed by atoms with Gasteiger partial charge in [-0.05, 0) is 31.0 Å². The van der Waals surface area contributed by atoms with Gasteiger partial charge >= 0.3 is 6.09 Å². The third-order valence-electron chi connectivity index (χ3n) is 3.95. The molecule has 2 heterocycles. The fourth-order valence-corrected chi connectivity index (χ4v) is 2.79. The maximum Gasteiger partial charge on any atom is 0.405 e. The third kappa shape index (κ3) is 3.19. The predicted octanol–water partition coefficient (Wildman–Crippen LogP) is 2.65. The number of nitrogens with zero attached hydrogens (tertiary/aromatic N) is 2. The van der Waals surface area contributed by atoms with Gasteiger partial charge in [0.25, 0.3) is 5.91 Å². The van der Waals surface area contributed by atoms with Crippen molar-refractivity contribution in [3.05, 3.63) is 48.4 Å². The zero-order valence-electron chi connectivity index (χ0n) is 12.8. The van der Waals surface area contributed by atoms with Crippen LogP contribution in [0.3, 0.4) is 0 Å². The number of carbonyl (C=O) groups excluding carboxylic acids is 1. The van der Waals surface area contributed by atoms with Crippen LogP contribution in [0.2, 0.25) is 0 Å². The summed E-state index contributed by atoms with van der Waals surface area (Å²) in [6.45, 7) is 0.475. The zero-order valence-corrected chi connectivity index (χ0v) is 12.8. The number of hydrogen-bond donors (Lipinski definition) is 2. The monoisotopic (exact) mass is 329 g/mol. The fourth-order valence-electron chi connectivity index (χ4n) is 2.79. The summed E-state index contributed by atoms with van der Waals surface area (Å²) in [5.41, 5.74) is 1.05. The number of anilines is 1. The van der Waals surface area contributed by atoms with E-state index in [2.05, 4.69) is 10.3 Å². The summed E-state index contributed by atoms with van der Waals surface area (Å²) in [6.07, 6.45) is 1.43. The standard InChI is InChI=1S/C17H16FN3O3/c18-13-5-2-1-4-12(13)11-7-8-15(19-10-11)21-9-3-6-14(16(21)22)20-17(23)24/h1-2,4-5,7-8,10,14,20H,3,6,9H2,(H,23,24). The molecule has 1 aliphatic rings. The summed E-state index contributed by atoms with van der Waals surface area (Å²) < 4.78 is 13.8. The van der Waals surface area contributed by atoms with E-state index in [0.717, 1.165) is 0 Å². The number of piperidine rings is 1. The first-order valence-corrected chi connectivity index (χ1v) is 7.58. The lowest BCUT2D eigenvalue weighted by Crippen LogP contribution is -2.52. The Morgan fingerprint density at radius 3 is 2.75 bits per heavy atom. The lowest BCUT2D eigenvalue weighted by Gasteiger charge is -2.31. The van der Waals surface area contributed by atoms with Crippen LogP contribution in [-0.2, 0) is 4.79 Å². The predicted molar refractivity (Wildman–Crippen MR) is 86.2 cm³/mol. The van der Waals surface area contributed by atoms with Crippen LogP contribution >= 0.6 is 0 Å². The summed E-state index contributed by atoms with van der Waals surface area (Å²) in [6, 6.07) is 8.96. The Labute approximate surface area is 137 Å². The number of rotatable bonds is 3. The number of amides is 2. The van der Waals surface area contributed by atoms with Crippen LogP contribution in [0.15, 0.2) is 42.6 Å². The molecule has 2 aromatic rings. The molecule has 0 spiro atoms. The van der Waals surface area contributed by atoms with Crippen molar-refractivity contribution < 1.29 is 19.1 Å². The maximum absolute atomic E-state index is 13.8. The van der Waals surface area contributed by atoms with Crippen molar-refractivity contribution in [2.45, 2.75) is 18.9 Å². The molecule has 1 aromatic heterocycles. The molecule has 0 aliphatic carbocycles. The molecule has 2 N–H and O–H groups in total. The lowest BCUT2D eigenvalue weighted by atomic mass is 10.0. The fraction of sp³-hybridized carbons (Fsp3) is 0.235. The van der Waals surface area contributed by atoms with E-state index >= 15 is 0 Å². The Hall–Kier alpha value is -2.96. The van der Waals surface area contributed by atoms with E-state index in [1.807, 2.05) is 0 Å². The Kier molecular flexibility index (Phi) is 4.41. The molecule has 1 atom stereocenters. The highest BCUT2D eigenvalue weighted by Crippen LogP contribution is 2.25. The van der Waals surface area contributed by atoms with Gasteiger partial charge in [-0.3, -0.25) is 9.69 Å². The molecule has 0 saturated carbocycles. The largest absolute Gasteiger partial charge is 0.465 e. The van der Waals surface area contributed by atoms with Gasteiger partial charge in [-0.15, -0.1) is 0 Å². The van der Waals surface area contributed by atoms with E-state index in [1.165, 1.54) is 17.2 Å². The van der Waals surface area contributed by atoms with Crippen LogP contribution in [-0.4, -0.2) is 34.7 Å². The van der Waals surface area contributed by atoms with Crippen molar-refractivity contribution in [2.75, 3.05) is 11.4 Å². The molecule has 0 bridgehead atoms. The molecule has 7 heteroatoms. The average Bonchev–Trinajstić information content (AvgIpc) is 2.57. The highest BCUT2D eigenvalue weighted by atomic mass is 19.1. The molecular formula is C17H16FN3O3. The molecule has 1 aromatic carbocycles. The van der Waals surface area contributed by atoms with Crippen molar-refractivity contribution in [1.29, 1.82) is 0 Å². The van der Waals surface area contributed by atoms with Crippen molar-refractivity contribution >= 4 is 17.8 Å². The molecule has 2 amide bonds. The Balaban J connectivity index is 1.81. The SMILES string of the molecule is O=C(O)NC1CCCN(c2ccc(-c3ccccc3F)cn2)C1=O. The minimum atomic E-state index is -1.22. The molecule has 0 radical (unpaired) electrons. The summed E-state index contributed by atoms with van der Waals surface area (Å²) in [7, 11) is 0. The van der Waals surface area contributed by atoms with Crippen molar-refractivity contribution in [1.82, 2.24) is 10.3 Å². The molecule has 3 rings (SSSR count). The molecular weight excluding hydrogens is 313 g/mol. The van der Waals surface area contributed by atoms with Crippen molar-refractivity contribution in [3.63, 3.8) is 0 Å². The molecule has 6 nitrogen and oxygen atoms in total. The summed E-state index contributed by atoms with van der Waals surface area (Å²) in [4.78, 5) is 28.8. The number of pyridine rings is 1. The van der Waals surface area contributed by atoms with Gasteiger partial charge in [-0.2, -0.15) is 0 Å². The first-order valence-electron chi connectivity index (χ1n) is 7.58. The smallest absolute Gasteiger partial charge is 0.405 e. The van der Waals surface area contributed by atoms with Gasteiger partial charge in [0.05, 0.1) is 0 Å². The third-order valence-corrected chi connectivity index (χ3v) is 3.95. The number of carbonyl (C=O) groups is 2. The number of aromatic nitrogens is 1. The van der Waals surface area contributed by atoms with Crippen molar-refractivity contribution in [3.8, 4) is 11.1 Å². The summed E-state index contributed by atoms with van der Waals surface area (Å²) >= 11 is 0. The van der Waals surface area contributed by atoms with Crippen LogP contribution in [0, 0.1) is 5.82 Å². The van der Waals surface area contributed by atoms with E-state index in [1.54, 1.807) is 30.3 Å². The number of halogens is 1. The summed E-state index contributed by atoms with van der Waals surface area (Å²) in [5, 5.41) is 11.0. The lowest BCUT2D eigenvalue weighted by molar-refractivity contribution is -0.121. The van der Waals surface area contributed by atoms with Gasteiger partial charge < -0.3 is 10.4 Å². The van der Waals surface area contributed by atoms with Gasteiger partial charge in [0.2, 0.25) is 0 Å². The molecule has 1 aliphatic heterocycles. The van der Waals surface area contributed by atoms with E-state index in [-0.39, 0.29) is 11.7 Å². The highest BCUT2D eigenvalue weighted by molar-refractivity contribution is 5.98. The maximum atomic E-state index is 13.8. The van der Waals surface area contributed by atoms with E-state index < -0.39 is 12.1 Å². The quantitative estimate of drug-likeness (QED) is 0.907. The Morgan fingerprint density at radius 2 is 2.08 bits per heavy atom. The highest BCUT2D eigenvalue weighted by Gasteiger charge is 2.31. The minimum Gasteiger partial charge on any atom is -0.465 e.